The zero-order valence-electron chi connectivity index (χ0n) is 7.99. The molecule has 2 N–H and O–H groups in total. The Labute approximate surface area is 78.0 Å². The Morgan fingerprint density at radius 1 is 1.46 bits per heavy atom. The smallest absolute Gasteiger partial charge is 0.147 e. The Balaban J connectivity index is 2.67. The zero-order valence-corrected chi connectivity index (χ0v) is 7.99. The largest absolute Gasteiger partial charge is 0.394 e. The lowest BCUT2D eigenvalue weighted by atomic mass is 10.2. The molecule has 0 aliphatic heterocycles. The average Bonchev–Trinajstić information content (AvgIpc) is 2.17. The number of nitrogens with zero attached hydrogens (tertiary/aromatic N) is 2. The van der Waals surface area contributed by atoms with Crippen LogP contribution in [0.4, 0.5) is 5.82 Å². The summed E-state index contributed by atoms with van der Waals surface area (Å²) in [5.41, 5.74) is 0.856. The maximum Gasteiger partial charge on any atom is 0.147 e. The lowest BCUT2D eigenvalue weighted by molar-refractivity contribution is 0.271. The minimum atomic E-state index is 0.0652. The molecule has 0 radical (unpaired) electrons. The molecule has 1 atom stereocenters. The molecule has 0 amide bonds. The van der Waals surface area contributed by atoms with Gasteiger partial charge in [0.1, 0.15) is 5.82 Å². The quantitative estimate of drug-likeness (QED) is 0.726. The Kier molecular flexibility index (Phi) is 3.64. The van der Waals surface area contributed by atoms with Crippen LogP contribution >= 0.6 is 0 Å². The first-order chi connectivity index (χ1) is 6.27. The van der Waals surface area contributed by atoms with E-state index in [1.807, 2.05) is 13.8 Å². The van der Waals surface area contributed by atoms with Crippen LogP contribution in [-0.4, -0.2) is 27.7 Å². The van der Waals surface area contributed by atoms with Crippen LogP contribution in [0.5, 0.6) is 0 Å². The number of aliphatic hydroxyl groups excluding tert-OH is 1. The van der Waals surface area contributed by atoms with Crippen molar-refractivity contribution in [2.75, 3.05) is 11.9 Å². The van der Waals surface area contributed by atoms with E-state index >= 15 is 0 Å². The van der Waals surface area contributed by atoms with Gasteiger partial charge in [0, 0.05) is 12.4 Å². The molecule has 0 saturated heterocycles. The summed E-state index contributed by atoms with van der Waals surface area (Å²) in [6.07, 6.45) is 4.16. The van der Waals surface area contributed by atoms with Gasteiger partial charge in [-0.05, 0) is 13.3 Å². The van der Waals surface area contributed by atoms with Crippen LogP contribution in [0.15, 0.2) is 12.4 Å². The van der Waals surface area contributed by atoms with E-state index in [4.69, 9.17) is 5.11 Å². The molecule has 0 saturated carbocycles. The van der Waals surface area contributed by atoms with E-state index in [-0.39, 0.29) is 12.6 Å². The van der Waals surface area contributed by atoms with Crippen molar-refractivity contribution in [1.82, 2.24) is 9.97 Å². The van der Waals surface area contributed by atoms with Gasteiger partial charge in [-0.15, -0.1) is 0 Å². The summed E-state index contributed by atoms with van der Waals surface area (Å²) in [6, 6.07) is 0.0652. The predicted octanol–water partition coefficient (Wildman–Crippen LogP) is 0.968. The van der Waals surface area contributed by atoms with Crippen LogP contribution in [0.1, 0.15) is 19.0 Å². The minimum absolute atomic E-state index is 0.0652. The second-order valence-electron chi connectivity index (χ2n) is 2.92. The van der Waals surface area contributed by atoms with Crippen LogP contribution < -0.4 is 5.32 Å². The van der Waals surface area contributed by atoms with Crippen molar-refractivity contribution >= 4 is 5.82 Å². The van der Waals surface area contributed by atoms with Crippen molar-refractivity contribution in [3.63, 3.8) is 0 Å². The summed E-state index contributed by atoms with van der Waals surface area (Å²) >= 11 is 0. The Morgan fingerprint density at radius 3 is 2.69 bits per heavy atom. The van der Waals surface area contributed by atoms with Crippen molar-refractivity contribution < 1.29 is 5.11 Å². The maximum absolute atomic E-state index is 8.97. The molecular weight excluding hydrogens is 166 g/mol. The van der Waals surface area contributed by atoms with E-state index in [9.17, 15) is 0 Å². The van der Waals surface area contributed by atoms with Gasteiger partial charge >= 0.3 is 0 Å². The third-order valence-electron chi connectivity index (χ3n) is 1.94. The van der Waals surface area contributed by atoms with Gasteiger partial charge in [-0.1, -0.05) is 6.92 Å². The monoisotopic (exact) mass is 181 g/mol. The summed E-state index contributed by atoms with van der Waals surface area (Å²) in [6.45, 7) is 4.02. The number of hydrogen-bond acceptors (Lipinski definition) is 4. The highest BCUT2D eigenvalue weighted by Gasteiger charge is 2.06. The van der Waals surface area contributed by atoms with E-state index < -0.39 is 0 Å². The van der Waals surface area contributed by atoms with Crippen molar-refractivity contribution in [2.24, 2.45) is 0 Å². The third-order valence-corrected chi connectivity index (χ3v) is 1.94. The van der Waals surface area contributed by atoms with Crippen molar-refractivity contribution in [1.29, 1.82) is 0 Å². The molecule has 1 rings (SSSR count). The molecule has 4 heteroatoms. The third kappa shape index (κ3) is 2.66. The summed E-state index contributed by atoms with van der Waals surface area (Å²) in [7, 11) is 0. The maximum atomic E-state index is 8.97. The number of aryl methyl sites for hydroxylation is 1. The molecule has 1 aromatic rings. The van der Waals surface area contributed by atoms with E-state index in [0.29, 0.717) is 0 Å². The molecule has 0 bridgehead atoms. The van der Waals surface area contributed by atoms with Crippen LogP contribution in [0.2, 0.25) is 0 Å². The molecule has 1 aromatic heterocycles. The highest BCUT2D eigenvalue weighted by Crippen LogP contribution is 2.08. The SMILES string of the molecule is CCC(CO)Nc1nccnc1C. The van der Waals surface area contributed by atoms with Crippen LogP contribution in [0.25, 0.3) is 0 Å². The first-order valence-electron chi connectivity index (χ1n) is 4.43. The summed E-state index contributed by atoms with van der Waals surface area (Å²) < 4.78 is 0. The lowest BCUT2D eigenvalue weighted by Crippen LogP contribution is -2.23. The molecule has 13 heavy (non-hydrogen) atoms. The highest BCUT2D eigenvalue weighted by molar-refractivity contribution is 5.39. The van der Waals surface area contributed by atoms with Crippen molar-refractivity contribution in [3.05, 3.63) is 18.1 Å². The first kappa shape index (κ1) is 9.92. The van der Waals surface area contributed by atoms with Gasteiger partial charge in [0.25, 0.3) is 0 Å². The topological polar surface area (TPSA) is 58.0 Å². The van der Waals surface area contributed by atoms with Crippen molar-refractivity contribution in [3.8, 4) is 0 Å². The molecule has 1 unspecified atom stereocenters. The first-order valence-corrected chi connectivity index (χ1v) is 4.43. The Morgan fingerprint density at radius 2 is 2.15 bits per heavy atom. The molecule has 72 valence electrons. The number of aromatic nitrogens is 2. The van der Waals surface area contributed by atoms with Gasteiger partial charge in [0.05, 0.1) is 18.3 Å². The van der Waals surface area contributed by atoms with Crippen LogP contribution in [0.3, 0.4) is 0 Å². The Bertz CT molecular complexity index is 261. The van der Waals surface area contributed by atoms with Gasteiger partial charge in [0.2, 0.25) is 0 Å². The molecule has 4 nitrogen and oxygen atoms in total. The molecular formula is C9H15N3O. The minimum Gasteiger partial charge on any atom is -0.394 e. The number of hydrogen-bond donors (Lipinski definition) is 2. The molecule has 0 aliphatic carbocycles. The van der Waals surface area contributed by atoms with E-state index in [1.54, 1.807) is 12.4 Å². The molecule has 1 heterocycles. The molecule has 0 aromatic carbocycles. The Hall–Kier alpha value is -1.16. The zero-order chi connectivity index (χ0) is 9.68. The second kappa shape index (κ2) is 4.77. The van der Waals surface area contributed by atoms with E-state index in [2.05, 4.69) is 15.3 Å². The van der Waals surface area contributed by atoms with Gasteiger partial charge in [-0.25, -0.2) is 4.98 Å². The summed E-state index contributed by atoms with van der Waals surface area (Å²) in [5.74, 6) is 0.753. The standard InChI is InChI=1S/C9H15N3O/c1-3-8(6-13)12-9-7(2)10-4-5-11-9/h4-5,8,13H,3,6H2,1-2H3,(H,11,12). The van der Waals surface area contributed by atoms with Gasteiger partial charge in [0.15, 0.2) is 0 Å². The summed E-state index contributed by atoms with van der Waals surface area (Å²) in [5, 5.41) is 12.1. The number of anilines is 1. The normalized spacial score (nSPS) is 12.5. The van der Waals surface area contributed by atoms with Gasteiger partial charge in [-0.3, -0.25) is 4.98 Å². The van der Waals surface area contributed by atoms with E-state index in [0.717, 1.165) is 17.9 Å². The number of rotatable bonds is 4. The fraction of sp³-hybridized carbons (Fsp3) is 0.556. The molecule has 0 spiro atoms. The highest BCUT2D eigenvalue weighted by atomic mass is 16.3. The number of aliphatic hydroxyl groups is 1. The predicted molar refractivity (Wildman–Crippen MR) is 51.6 cm³/mol. The number of nitrogens with one attached hydrogen (secondary N) is 1. The average molecular weight is 181 g/mol. The van der Waals surface area contributed by atoms with Gasteiger partial charge < -0.3 is 10.4 Å². The molecule has 0 aliphatic rings. The molecule has 0 fully saturated rings. The van der Waals surface area contributed by atoms with E-state index in [1.165, 1.54) is 0 Å². The fourth-order valence-electron chi connectivity index (χ4n) is 1.02. The van der Waals surface area contributed by atoms with Crippen LogP contribution in [-0.2, 0) is 0 Å². The van der Waals surface area contributed by atoms with Gasteiger partial charge in [-0.2, -0.15) is 0 Å². The fourth-order valence-corrected chi connectivity index (χ4v) is 1.02. The lowest BCUT2D eigenvalue weighted by Gasteiger charge is -2.15. The van der Waals surface area contributed by atoms with Crippen molar-refractivity contribution in [2.45, 2.75) is 26.3 Å². The summed E-state index contributed by atoms with van der Waals surface area (Å²) in [4.78, 5) is 8.22. The second-order valence-corrected chi connectivity index (χ2v) is 2.92. The van der Waals surface area contributed by atoms with Crippen LogP contribution in [0, 0.1) is 6.92 Å².